The summed E-state index contributed by atoms with van der Waals surface area (Å²) in [4.78, 5) is 31.7. The lowest BCUT2D eigenvalue weighted by Crippen LogP contribution is -2.14. The third kappa shape index (κ3) is 13.8. The van der Waals surface area contributed by atoms with Crippen LogP contribution in [0.15, 0.2) is 467 Å². The van der Waals surface area contributed by atoms with Gasteiger partial charge in [-0.2, -0.15) is 0 Å². The molecule has 0 spiro atoms. The minimum absolute atomic E-state index is 0.124. The van der Waals surface area contributed by atoms with Crippen molar-refractivity contribution in [2.45, 2.75) is 19.3 Å². The van der Waals surface area contributed by atoms with Gasteiger partial charge in [-0.3, -0.25) is 0 Å². The smallest absolute Gasteiger partial charge is 0.160 e. The van der Waals surface area contributed by atoms with Crippen molar-refractivity contribution < 1.29 is 0 Å². The second kappa shape index (κ2) is 32.8. The Kier molecular flexibility index (Phi) is 19.4. The SMILES string of the molecule is CC1(C)c2ccccc2-c2c1ccc1c2c2ccccc2n1-c1ccc(-c2cc(-c3ccccc3)nc(-c3ccccc3)n2)cc1-c1cc(-c2ccccc2)cc(-c2ccccc2)n1.c1ccc(-c2cc(-c3cc(-c4cc(-c5ccccc5)nc(-c5ccccc5)n4)ccc3-n3c4ccccc4c4c5c6ccccc6n(-c6ccccc6)c5ccc43)cc(-c3ccccc3)n2)cc1. The van der Waals surface area contributed by atoms with Crippen LogP contribution in [0.5, 0.6) is 0 Å². The molecule has 0 atom stereocenters. The summed E-state index contributed by atoms with van der Waals surface area (Å²) in [5, 5.41) is 7.37. The lowest BCUT2D eigenvalue weighted by molar-refractivity contribution is 0.661. The molecular weight excluding hydrogens is 1600 g/mol. The summed E-state index contributed by atoms with van der Waals surface area (Å²) in [6.45, 7) is 4.71. The molecule has 1 aliphatic carbocycles. The topological polar surface area (TPSA) is 92.1 Å². The summed E-state index contributed by atoms with van der Waals surface area (Å²) in [5.74, 6) is 1.35. The first-order valence-corrected chi connectivity index (χ1v) is 45.0. The van der Waals surface area contributed by atoms with Crippen LogP contribution in [-0.4, -0.2) is 43.6 Å². The highest BCUT2D eigenvalue weighted by Gasteiger charge is 2.38. The molecule has 0 amide bonds. The van der Waals surface area contributed by atoms with E-state index in [0.717, 1.165) is 163 Å². The summed E-state index contributed by atoms with van der Waals surface area (Å²) < 4.78 is 7.33. The number of hydrogen-bond acceptors (Lipinski definition) is 6. The Hall–Kier alpha value is -17.4. The zero-order chi connectivity index (χ0) is 87.7. The highest BCUT2D eigenvalue weighted by atomic mass is 15.0. The van der Waals surface area contributed by atoms with Crippen molar-refractivity contribution in [3.8, 4) is 163 Å². The molecule has 0 fully saturated rings. The van der Waals surface area contributed by atoms with Crippen LogP contribution in [0.1, 0.15) is 25.0 Å². The van der Waals surface area contributed by atoms with Crippen LogP contribution in [0.25, 0.3) is 229 Å². The summed E-state index contributed by atoms with van der Waals surface area (Å²) >= 11 is 0. The molecule has 7 aromatic heterocycles. The van der Waals surface area contributed by atoms with E-state index in [9.17, 15) is 0 Å². The molecule has 0 radical (unpaired) electrons. The van der Waals surface area contributed by atoms with Gasteiger partial charge < -0.3 is 13.7 Å². The van der Waals surface area contributed by atoms with Crippen LogP contribution < -0.4 is 0 Å². The molecule has 0 saturated carbocycles. The molecule has 620 valence electrons. The summed E-state index contributed by atoms with van der Waals surface area (Å²) in [6, 6.07) is 166. The van der Waals surface area contributed by atoms with Crippen molar-refractivity contribution >= 4 is 65.4 Å². The monoisotopic (exact) mass is 1690 g/mol. The van der Waals surface area contributed by atoms with Crippen molar-refractivity contribution in [1.82, 2.24) is 43.6 Å². The summed E-state index contributed by atoms with van der Waals surface area (Å²) in [6.07, 6.45) is 0. The van der Waals surface area contributed by atoms with E-state index in [1.54, 1.807) is 0 Å². The molecule has 25 rings (SSSR count). The minimum Gasteiger partial charge on any atom is -0.309 e. The van der Waals surface area contributed by atoms with Gasteiger partial charge in [-0.25, -0.2) is 29.9 Å². The zero-order valence-corrected chi connectivity index (χ0v) is 72.5. The molecule has 0 bridgehead atoms. The number of pyridine rings is 2. The molecule has 0 aliphatic heterocycles. The van der Waals surface area contributed by atoms with Gasteiger partial charge in [0.15, 0.2) is 11.6 Å². The zero-order valence-electron chi connectivity index (χ0n) is 72.5. The Morgan fingerprint density at radius 1 is 0.182 bits per heavy atom. The van der Waals surface area contributed by atoms with Crippen LogP contribution in [0.2, 0.25) is 0 Å². The van der Waals surface area contributed by atoms with Crippen LogP contribution >= 0.6 is 0 Å². The predicted molar refractivity (Wildman–Crippen MR) is 545 cm³/mol. The van der Waals surface area contributed by atoms with Gasteiger partial charge in [0.25, 0.3) is 0 Å². The minimum atomic E-state index is -0.124. The fraction of sp³-hybridized carbons (Fsp3) is 0.0244. The van der Waals surface area contributed by atoms with Crippen molar-refractivity contribution in [1.29, 1.82) is 0 Å². The molecule has 24 aromatic rings. The quantitative estimate of drug-likeness (QED) is 0.102. The average Bonchev–Trinajstić information content (AvgIpc) is 1.54. The normalized spacial score (nSPS) is 12.1. The highest BCUT2D eigenvalue weighted by Crippen LogP contribution is 2.55. The fourth-order valence-corrected chi connectivity index (χ4v) is 19.9. The maximum Gasteiger partial charge on any atom is 0.160 e. The van der Waals surface area contributed by atoms with Gasteiger partial charge >= 0.3 is 0 Å². The Morgan fingerprint density at radius 2 is 0.500 bits per heavy atom. The van der Waals surface area contributed by atoms with E-state index in [2.05, 4.69) is 446 Å². The molecule has 0 saturated heterocycles. The van der Waals surface area contributed by atoms with Gasteiger partial charge in [0.2, 0.25) is 0 Å². The first kappa shape index (κ1) is 78.1. The van der Waals surface area contributed by atoms with E-state index in [1.807, 2.05) is 48.5 Å². The third-order valence-corrected chi connectivity index (χ3v) is 26.1. The second-order valence-electron chi connectivity index (χ2n) is 34.4. The first-order valence-electron chi connectivity index (χ1n) is 45.0. The fourth-order valence-electron chi connectivity index (χ4n) is 19.9. The molecule has 0 unspecified atom stereocenters. The number of benzene rings is 17. The molecule has 7 heterocycles. The Morgan fingerprint density at radius 3 is 0.962 bits per heavy atom. The summed E-state index contributed by atoms with van der Waals surface area (Å²) in [5.41, 5.74) is 36.8. The van der Waals surface area contributed by atoms with Crippen molar-refractivity contribution in [3.63, 3.8) is 0 Å². The molecule has 0 N–H and O–H groups in total. The van der Waals surface area contributed by atoms with Crippen molar-refractivity contribution in [2.75, 3.05) is 0 Å². The average molecular weight is 1690 g/mol. The molecular formula is C123H83N9. The second-order valence-corrected chi connectivity index (χ2v) is 34.4. The van der Waals surface area contributed by atoms with Gasteiger partial charge in [-0.15, -0.1) is 0 Å². The van der Waals surface area contributed by atoms with Crippen LogP contribution in [-0.2, 0) is 5.41 Å². The van der Waals surface area contributed by atoms with Gasteiger partial charge in [0, 0.05) is 105 Å². The van der Waals surface area contributed by atoms with E-state index >= 15 is 0 Å². The van der Waals surface area contributed by atoms with Gasteiger partial charge in [-0.05, 0) is 148 Å². The third-order valence-electron chi connectivity index (χ3n) is 26.1. The number of hydrogen-bond donors (Lipinski definition) is 0. The van der Waals surface area contributed by atoms with Gasteiger partial charge in [0.1, 0.15) is 0 Å². The number of fused-ring (bicyclic) bond motifs is 14. The molecule has 9 nitrogen and oxygen atoms in total. The Labute approximate surface area is 764 Å². The molecule has 17 aromatic carbocycles. The number of nitrogens with zero attached hydrogens (tertiary/aromatic N) is 9. The Balaban J connectivity index is 0.000000146. The molecule has 132 heavy (non-hydrogen) atoms. The first-order chi connectivity index (χ1) is 65.2. The maximum atomic E-state index is 5.56. The van der Waals surface area contributed by atoms with Crippen LogP contribution in [0, 0.1) is 0 Å². The van der Waals surface area contributed by atoms with Crippen LogP contribution in [0.4, 0.5) is 0 Å². The van der Waals surface area contributed by atoms with E-state index < -0.39 is 0 Å². The van der Waals surface area contributed by atoms with Crippen molar-refractivity contribution in [3.05, 3.63) is 478 Å². The molecule has 9 heteroatoms. The lowest BCUT2D eigenvalue weighted by Gasteiger charge is -2.21. The largest absolute Gasteiger partial charge is 0.309 e. The van der Waals surface area contributed by atoms with Crippen LogP contribution in [0.3, 0.4) is 0 Å². The Bertz CT molecular complexity index is 8320. The van der Waals surface area contributed by atoms with Crippen molar-refractivity contribution in [2.24, 2.45) is 0 Å². The number of para-hydroxylation sites is 4. The number of aromatic nitrogens is 9. The van der Waals surface area contributed by atoms with E-state index in [0.29, 0.717) is 11.6 Å². The standard InChI is InChI=1S/C63H41N5.C60H42N4/c1-6-20-42(21-7-1)52-39-47(40-53(64-52)43-22-8-2-9-23-43)51-38-46(55-41-54(44-24-10-3-11-25-44)65-63(66-55)45-26-12-4-13-27-45)34-35-58(51)68-57-33-19-17-31-50(57)62-60(68)37-36-59-61(62)49-30-16-18-32-56(49)67(59)48-28-14-5-15-29-48;1-60(2)48-29-17-15-27-45(48)57-49(60)32-34-56-58(57)46-28-16-18-30-54(46)64(56)55-33-31-43(52-38-51(41-23-11-5-12-24-41)62-59(63-52)42-25-13-6-14-26-42)35-47(55)53-37-44(39-19-7-3-8-20-39)36-50(61-53)40-21-9-4-10-22-40/h1-41H;3-38H,1-2H3. The van der Waals surface area contributed by atoms with Gasteiger partial charge in [-0.1, -0.05) is 372 Å². The van der Waals surface area contributed by atoms with E-state index in [-0.39, 0.29) is 5.41 Å². The number of rotatable bonds is 15. The highest BCUT2D eigenvalue weighted by molar-refractivity contribution is 6.29. The molecule has 1 aliphatic rings. The van der Waals surface area contributed by atoms with Gasteiger partial charge in [0.05, 0.1) is 90.0 Å². The lowest BCUT2D eigenvalue weighted by atomic mass is 9.82. The summed E-state index contributed by atoms with van der Waals surface area (Å²) in [7, 11) is 0. The van der Waals surface area contributed by atoms with E-state index in [4.69, 9.17) is 29.9 Å². The predicted octanol–water partition coefficient (Wildman–Crippen LogP) is 31.3. The maximum absolute atomic E-state index is 5.56. The van der Waals surface area contributed by atoms with E-state index in [1.165, 1.54) is 65.6 Å².